The van der Waals surface area contributed by atoms with Gasteiger partial charge in [0.1, 0.15) is 17.3 Å². The summed E-state index contributed by atoms with van der Waals surface area (Å²) in [7, 11) is 2.09. The number of hydrogen-bond donors (Lipinski definition) is 1. The molecule has 1 aliphatic heterocycles. The molecule has 0 bridgehead atoms. The predicted octanol–water partition coefficient (Wildman–Crippen LogP) is 4.18. The van der Waals surface area contributed by atoms with E-state index in [0.717, 1.165) is 84.6 Å². The first kappa shape index (κ1) is 23.6. The van der Waals surface area contributed by atoms with Gasteiger partial charge in [-0.3, -0.25) is 9.78 Å². The molecule has 6 rings (SSSR count). The Morgan fingerprint density at radius 2 is 1.84 bits per heavy atom. The molecule has 8 nitrogen and oxygen atoms in total. The zero-order chi connectivity index (χ0) is 25.2. The molecule has 1 aromatic carbocycles. The average molecular weight is 497 g/mol. The van der Waals surface area contributed by atoms with Crippen LogP contribution in [-0.2, 0) is 6.42 Å². The van der Waals surface area contributed by atoms with Crippen molar-refractivity contribution in [2.24, 2.45) is 5.92 Å². The molecule has 1 saturated heterocycles. The van der Waals surface area contributed by atoms with E-state index in [-0.39, 0.29) is 5.91 Å². The number of ether oxygens (including phenoxy) is 1. The molecule has 3 aromatic heterocycles. The van der Waals surface area contributed by atoms with Crippen LogP contribution in [0.25, 0.3) is 22.3 Å². The molecule has 1 aliphatic carbocycles. The van der Waals surface area contributed by atoms with Crippen molar-refractivity contribution in [1.82, 2.24) is 29.7 Å². The van der Waals surface area contributed by atoms with E-state index in [2.05, 4.69) is 39.0 Å². The van der Waals surface area contributed by atoms with Crippen molar-refractivity contribution in [3.05, 3.63) is 71.9 Å². The summed E-state index contributed by atoms with van der Waals surface area (Å²) in [5.74, 6) is 2.46. The Morgan fingerprint density at radius 3 is 2.68 bits per heavy atom. The van der Waals surface area contributed by atoms with Gasteiger partial charge in [-0.15, -0.1) is 0 Å². The number of aromatic amines is 1. The highest BCUT2D eigenvalue weighted by atomic mass is 16.5. The fraction of sp³-hybridized carbons (Fsp3) is 0.379. The lowest BCUT2D eigenvalue weighted by Crippen LogP contribution is -2.47. The summed E-state index contributed by atoms with van der Waals surface area (Å²) in [5.41, 5.74) is 4.24. The molecule has 1 amide bonds. The van der Waals surface area contributed by atoms with Crippen molar-refractivity contribution in [1.29, 1.82) is 0 Å². The SMILES string of the molecule is CN1CCN(C(=O)c2cc3cc(Cc4nccc(-c5cc(OCCC6CC6)ccn5)n4)ccc3[nH]2)CC1. The molecule has 8 heteroatoms. The summed E-state index contributed by atoms with van der Waals surface area (Å²) in [6.07, 6.45) is 7.93. The molecule has 190 valence electrons. The molecule has 0 unspecified atom stereocenters. The van der Waals surface area contributed by atoms with Crippen LogP contribution in [0.2, 0.25) is 0 Å². The lowest BCUT2D eigenvalue weighted by Gasteiger charge is -2.32. The third-order valence-electron chi connectivity index (χ3n) is 7.26. The van der Waals surface area contributed by atoms with Crippen molar-refractivity contribution in [3.63, 3.8) is 0 Å². The number of nitrogens with one attached hydrogen (secondary N) is 1. The van der Waals surface area contributed by atoms with Crippen LogP contribution in [0.15, 0.2) is 54.9 Å². The smallest absolute Gasteiger partial charge is 0.270 e. The third kappa shape index (κ3) is 5.64. The first-order valence-corrected chi connectivity index (χ1v) is 13.1. The number of piperazine rings is 1. The van der Waals surface area contributed by atoms with Crippen LogP contribution < -0.4 is 4.74 Å². The molecule has 0 atom stereocenters. The summed E-state index contributed by atoms with van der Waals surface area (Å²) in [6.45, 7) is 4.07. The Morgan fingerprint density at radius 1 is 1.00 bits per heavy atom. The number of nitrogens with zero attached hydrogens (tertiary/aromatic N) is 5. The number of carbonyl (C=O) groups excluding carboxylic acids is 1. The lowest BCUT2D eigenvalue weighted by atomic mass is 10.1. The van der Waals surface area contributed by atoms with E-state index >= 15 is 0 Å². The fourth-order valence-corrected chi connectivity index (χ4v) is 4.79. The van der Waals surface area contributed by atoms with Crippen LogP contribution in [0.3, 0.4) is 0 Å². The standard InChI is InChI=1S/C29H32N6O2/c1-34-11-13-35(14-12-34)29(36)27-18-22-16-21(4-5-24(22)32-27)17-28-31-10-7-25(33-28)26-19-23(6-9-30-26)37-15-8-20-2-3-20/h4-7,9-10,16,18-20,32H,2-3,8,11-15,17H2,1H3. The topological polar surface area (TPSA) is 87.2 Å². The van der Waals surface area contributed by atoms with Gasteiger partial charge >= 0.3 is 0 Å². The number of H-pyrrole nitrogens is 1. The molecular weight excluding hydrogens is 464 g/mol. The van der Waals surface area contributed by atoms with E-state index in [9.17, 15) is 4.79 Å². The maximum Gasteiger partial charge on any atom is 0.270 e. The van der Waals surface area contributed by atoms with Gasteiger partial charge in [-0.05, 0) is 55.3 Å². The second kappa shape index (κ2) is 10.3. The third-order valence-corrected chi connectivity index (χ3v) is 7.26. The summed E-state index contributed by atoms with van der Waals surface area (Å²) in [4.78, 5) is 34.2. The number of aromatic nitrogens is 4. The van der Waals surface area contributed by atoms with Crippen LogP contribution >= 0.6 is 0 Å². The largest absolute Gasteiger partial charge is 0.493 e. The van der Waals surface area contributed by atoms with E-state index in [1.807, 2.05) is 35.2 Å². The number of rotatable bonds is 8. The molecule has 4 aromatic rings. The van der Waals surface area contributed by atoms with Crippen LogP contribution in [0.1, 0.15) is 41.1 Å². The number of amides is 1. The maximum atomic E-state index is 13.0. The Balaban J connectivity index is 1.15. The Bertz CT molecular complexity index is 1400. The van der Waals surface area contributed by atoms with E-state index in [0.29, 0.717) is 12.1 Å². The van der Waals surface area contributed by atoms with Gasteiger partial charge in [0.25, 0.3) is 5.91 Å². The first-order chi connectivity index (χ1) is 18.1. The highest BCUT2D eigenvalue weighted by Crippen LogP contribution is 2.32. The number of benzene rings is 1. The van der Waals surface area contributed by atoms with Gasteiger partial charge in [0.15, 0.2) is 0 Å². The van der Waals surface area contributed by atoms with Crippen LogP contribution in [0, 0.1) is 5.92 Å². The van der Waals surface area contributed by atoms with Crippen LogP contribution in [-0.4, -0.2) is 75.5 Å². The molecule has 2 fully saturated rings. The second-order valence-corrected chi connectivity index (χ2v) is 10.2. The van der Waals surface area contributed by atoms with Crippen LogP contribution in [0.5, 0.6) is 5.75 Å². The van der Waals surface area contributed by atoms with Crippen molar-refractivity contribution in [3.8, 4) is 17.1 Å². The maximum absolute atomic E-state index is 13.0. The predicted molar refractivity (Wildman–Crippen MR) is 143 cm³/mol. The van der Waals surface area contributed by atoms with E-state index < -0.39 is 0 Å². The quantitative estimate of drug-likeness (QED) is 0.394. The van der Waals surface area contributed by atoms with Gasteiger partial charge in [0, 0.05) is 62.0 Å². The number of hydrogen-bond acceptors (Lipinski definition) is 6. The highest BCUT2D eigenvalue weighted by Gasteiger charge is 2.22. The first-order valence-electron chi connectivity index (χ1n) is 13.1. The second-order valence-electron chi connectivity index (χ2n) is 10.2. The van der Waals surface area contributed by atoms with Crippen LogP contribution in [0.4, 0.5) is 0 Å². The van der Waals surface area contributed by atoms with Crippen molar-refractivity contribution in [2.75, 3.05) is 39.8 Å². The number of carbonyl (C=O) groups is 1. The normalized spacial score (nSPS) is 16.3. The summed E-state index contributed by atoms with van der Waals surface area (Å²) in [5, 5.41) is 1.02. The molecule has 37 heavy (non-hydrogen) atoms. The van der Waals surface area contributed by atoms with Gasteiger partial charge in [-0.1, -0.05) is 18.9 Å². The van der Waals surface area contributed by atoms with Crippen molar-refractivity contribution >= 4 is 16.8 Å². The zero-order valence-electron chi connectivity index (χ0n) is 21.2. The minimum Gasteiger partial charge on any atom is -0.493 e. The van der Waals surface area contributed by atoms with Gasteiger partial charge in [-0.2, -0.15) is 0 Å². The molecule has 2 aliphatic rings. The lowest BCUT2D eigenvalue weighted by molar-refractivity contribution is 0.0659. The van der Waals surface area contributed by atoms with E-state index in [1.165, 1.54) is 12.8 Å². The Hall–Kier alpha value is -3.78. The minimum absolute atomic E-state index is 0.0631. The van der Waals surface area contributed by atoms with Gasteiger partial charge in [0.05, 0.1) is 18.0 Å². The summed E-state index contributed by atoms with van der Waals surface area (Å²) in [6, 6.07) is 13.9. The molecule has 0 radical (unpaired) electrons. The van der Waals surface area contributed by atoms with Gasteiger partial charge in [0.2, 0.25) is 0 Å². The summed E-state index contributed by atoms with van der Waals surface area (Å²) >= 11 is 0. The number of pyridine rings is 1. The zero-order valence-corrected chi connectivity index (χ0v) is 21.2. The van der Waals surface area contributed by atoms with E-state index in [4.69, 9.17) is 9.72 Å². The molecular formula is C29H32N6O2. The monoisotopic (exact) mass is 496 g/mol. The molecule has 4 heterocycles. The number of likely N-dealkylation sites (N-methyl/N-ethyl adjacent to an activating group) is 1. The molecule has 1 N–H and O–H groups in total. The fourth-order valence-electron chi connectivity index (χ4n) is 4.79. The number of fused-ring (bicyclic) bond motifs is 1. The van der Waals surface area contributed by atoms with E-state index in [1.54, 1.807) is 12.4 Å². The van der Waals surface area contributed by atoms with Gasteiger partial charge < -0.3 is 19.5 Å². The average Bonchev–Trinajstić information content (AvgIpc) is 3.65. The Labute approximate surface area is 216 Å². The molecule has 0 spiro atoms. The summed E-state index contributed by atoms with van der Waals surface area (Å²) < 4.78 is 5.93. The van der Waals surface area contributed by atoms with Crippen molar-refractivity contribution in [2.45, 2.75) is 25.7 Å². The Kier molecular flexibility index (Phi) is 6.57. The van der Waals surface area contributed by atoms with Crippen molar-refractivity contribution < 1.29 is 9.53 Å². The van der Waals surface area contributed by atoms with Gasteiger partial charge in [-0.25, -0.2) is 9.97 Å². The minimum atomic E-state index is 0.0631. The molecule has 1 saturated carbocycles. The highest BCUT2D eigenvalue weighted by molar-refractivity contribution is 5.98.